The largest absolute Gasteiger partial charge is 0.493 e. The van der Waals surface area contributed by atoms with E-state index in [1.807, 2.05) is 0 Å². The third kappa shape index (κ3) is 5.44. The molecule has 0 aliphatic rings. The van der Waals surface area contributed by atoms with Gasteiger partial charge in [0.25, 0.3) is 0 Å². The van der Waals surface area contributed by atoms with E-state index < -0.39 is 26.1 Å². The van der Waals surface area contributed by atoms with Gasteiger partial charge in [0.15, 0.2) is 23.0 Å². The van der Waals surface area contributed by atoms with Crippen LogP contribution < -0.4 is 23.7 Å². The van der Waals surface area contributed by atoms with Crippen molar-refractivity contribution >= 4 is 20.0 Å². The van der Waals surface area contributed by atoms with Crippen molar-refractivity contribution in [3.8, 4) is 23.0 Å². The molecule has 0 saturated heterocycles. The molecule has 1 unspecified atom stereocenters. The van der Waals surface area contributed by atoms with Gasteiger partial charge in [0, 0.05) is 31.8 Å². The Hall–Kier alpha value is -2.54. The molecule has 0 aliphatic heterocycles. The third-order valence-electron chi connectivity index (χ3n) is 4.89. The molecule has 178 valence electrons. The molecule has 2 aromatic rings. The highest BCUT2D eigenvalue weighted by atomic mass is 32.2. The van der Waals surface area contributed by atoms with Gasteiger partial charge < -0.3 is 18.9 Å². The normalized spacial score (nSPS) is 13.0. The van der Waals surface area contributed by atoms with Crippen LogP contribution in [0.5, 0.6) is 23.0 Å². The quantitative estimate of drug-likeness (QED) is 0.508. The van der Waals surface area contributed by atoms with Crippen molar-refractivity contribution in [2.45, 2.75) is 22.8 Å². The van der Waals surface area contributed by atoms with Crippen LogP contribution in [0.15, 0.2) is 46.2 Å². The summed E-state index contributed by atoms with van der Waals surface area (Å²) in [5, 5.41) is 0. The number of nitrogens with one attached hydrogen (secondary N) is 1. The molecule has 10 nitrogen and oxygen atoms in total. The van der Waals surface area contributed by atoms with Crippen molar-refractivity contribution in [3.63, 3.8) is 0 Å². The monoisotopic (exact) mass is 488 g/mol. The molecule has 0 aliphatic carbocycles. The number of hydrogen-bond acceptors (Lipinski definition) is 8. The summed E-state index contributed by atoms with van der Waals surface area (Å²) in [6, 6.07) is 7.73. The highest BCUT2D eigenvalue weighted by molar-refractivity contribution is 7.89. The number of hydrogen-bond donors (Lipinski definition) is 1. The molecule has 2 aromatic carbocycles. The Morgan fingerprint density at radius 1 is 0.781 bits per heavy atom. The summed E-state index contributed by atoms with van der Waals surface area (Å²) < 4.78 is 75.5. The molecule has 0 amide bonds. The van der Waals surface area contributed by atoms with Crippen LogP contribution in [0.2, 0.25) is 0 Å². The SMILES string of the molecule is COc1ccc(S(=O)(=O)NCC(C)N(C)S(=O)(=O)c2ccc(OC)c(OC)c2)cc1OC. The molecule has 1 N–H and O–H groups in total. The third-order valence-corrected chi connectivity index (χ3v) is 8.28. The van der Waals surface area contributed by atoms with Crippen LogP contribution in [0.4, 0.5) is 0 Å². The average molecular weight is 489 g/mol. The van der Waals surface area contributed by atoms with E-state index >= 15 is 0 Å². The zero-order chi connectivity index (χ0) is 24.1. The van der Waals surface area contributed by atoms with Gasteiger partial charge in [-0.15, -0.1) is 0 Å². The van der Waals surface area contributed by atoms with Crippen LogP contribution >= 0.6 is 0 Å². The van der Waals surface area contributed by atoms with Gasteiger partial charge in [-0.05, 0) is 31.2 Å². The van der Waals surface area contributed by atoms with Gasteiger partial charge in [-0.2, -0.15) is 4.31 Å². The Balaban J connectivity index is 2.19. The van der Waals surface area contributed by atoms with Crippen LogP contribution in [0.3, 0.4) is 0 Å². The Morgan fingerprint density at radius 2 is 1.22 bits per heavy atom. The molecule has 0 bridgehead atoms. The number of sulfonamides is 2. The summed E-state index contributed by atoms with van der Waals surface area (Å²) in [6.45, 7) is 1.44. The molecule has 0 heterocycles. The van der Waals surface area contributed by atoms with Crippen molar-refractivity contribution < 1.29 is 35.8 Å². The van der Waals surface area contributed by atoms with Gasteiger partial charge in [0.1, 0.15) is 0 Å². The fourth-order valence-electron chi connectivity index (χ4n) is 2.81. The van der Waals surface area contributed by atoms with E-state index in [4.69, 9.17) is 18.9 Å². The van der Waals surface area contributed by atoms with Gasteiger partial charge in [-0.1, -0.05) is 0 Å². The van der Waals surface area contributed by atoms with Crippen LogP contribution in [0.1, 0.15) is 6.92 Å². The first kappa shape index (κ1) is 25.7. The standard InChI is InChI=1S/C20H28N2O8S2/c1-14(13-21-31(23,24)15-7-9-17(27-3)19(11-15)29-5)22(2)32(25,26)16-8-10-18(28-4)20(12-16)30-6/h7-12,14,21H,13H2,1-6H3. The molecule has 0 spiro atoms. The van der Waals surface area contributed by atoms with Crippen molar-refractivity contribution in [3.05, 3.63) is 36.4 Å². The number of likely N-dealkylation sites (N-methyl/N-ethyl adjacent to an activating group) is 1. The number of rotatable bonds is 11. The van der Waals surface area contributed by atoms with Gasteiger partial charge in [-0.25, -0.2) is 21.6 Å². The average Bonchev–Trinajstić information content (AvgIpc) is 2.80. The predicted molar refractivity (Wildman–Crippen MR) is 119 cm³/mol. The Kier molecular flexibility index (Phi) is 8.35. The maximum absolute atomic E-state index is 13.0. The topological polar surface area (TPSA) is 120 Å². The smallest absolute Gasteiger partial charge is 0.243 e. The lowest BCUT2D eigenvalue weighted by molar-refractivity contribution is 0.353. The summed E-state index contributed by atoms with van der Waals surface area (Å²) in [6.07, 6.45) is 0. The Morgan fingerprint density at radius 3 is 1.69 bits per heavy atom. The first-order valence-electron chi connectivity index (χ1n) is 9.43. The van der Waals surface area contributed by atoms with Crippen LogP contribution in [0, 0.1) is 0 Å². The molecule has 2 rings (SSSR count). The van der Waals surface area contributed by atoms with Crippen molar-refractivity contribution in [1.82, 2.24) is 9.03 Å². The first-order chi connectivity index (χ1) is 15.0. The number of ether oxygens (including phenoxy) is 4. The zero-order valence-electron chi connectivity index (χ0n) is 18.8. The molecule has 12 heteroatoms. The summed E-state index contributed by atoms with van der Waals surface area (Å²) in [4.78, 5) is -0.0417. The fourth-order valence-corrected chi connectivity index (χ4v) is 5.32. The molecule has 0 fully saturated rings. The minimum atomic E-state index is -3.92. The lowest BCUT2D eigenvalue weighted by atomic mass is 10.3. The summed E-state index contributed by atoms with van der Waals surface area (Å²) in [5.41, 5.74) is 0. The van der Waals surface area contributed by atoms with Crippen molar-refractivity contribution in [1.29, 1.82) is 0 Å². The lowest BCUT2D eigenvalue weighted by Crippen LogP contribution is -2.43. The zero-order valence-corrected chi connectivity index (χ0v) is 20.4. The number of nitrogens with zero attached hydrogens (tertiary/aromatic N) is 1. The summed E-state index contributed by atoms with van der Waals surface area (Å²) in [5.74, 6) is 1.31. The van der Waals surface area contributed by atoms with Gasteiger partial charge >= 0.3 is 0 Å². The van der Waals surface area contributed by atoms with E-state index in [0.717, 1.165) is 4.31 Å². The summed E-state index contributed by atoms with van der Waals surface area (Å²) in [7, 11) is -0.764. The van der Waals surface area contributed by atoms with Crippen LogP contribution in [0.25, 0.3) is 0 Å². The molecular formula is C20H28N2O8S2. The molecule has 0 aromatic heterocycles. The van der Waals surface area contributed by atoms with Gasteiger partial charge in [0.05, 0.1) is 38.2 Å². The molecule has 0 saturated carbocycles. The van der Waals surface area contributed by atoms with E-state index in [1.165, 1.54) is 71.9 Å². The number of methoxy groups -OCH3 is 4. The molecule has 0 radical (unpaired) electrons. The first-order valence-corrected chi connectivity index (χ1v) is 12.4. The molecule has 1 atom stereocenters. The Labute approximate surface area is 189 Å². The minimum Gasteiger partial charge on any atom is -0.493 e. The highest BCUT2D eigenvalue weighted by Gasteiger charge is 2.28. The number of benzene rings is 2. The highest BCUT2D eigenvalue weighted by Crippen LogP contribution is 2.31. The molecule has 32 heavy (non-hydrogen) atoms. The van der Waals surface area contributed by atoms with Gasteiger partial charge in [0.2, 0.25) is 20.0 Å². The second-order valence-electron chi connectivity index (χ2n) is 6.76. The predicted octanol–water partition coefficient (Wildman–Crippen LogP) is 1.71. The van der Waals surface area contributed by atoms with E-state index in [2.05, 4.69) is 4.72 Å². The van der Waals surface area contributed by atoms with E-state index in [-0.39, 0.29) is 27.8 Å². The van der Waals surface area contributed by atoms with E-state index in [0.29, 0.717) is 11.5 Å². The lowest BCUT2D eigenvalue weighted by Gasteiger charge is -2.25. The van der Waals surface area contributed by atoms with Crippen LogP contribution in [-0.2, 0) is 20.0 Å². The van der Waals surface area contributed by atoms with E-state index in [1.54, 1.807) is 6.92 Å². The fraction of sp³-hybridized carbons (Fsp3) is 0.400. The minimum absolute atomic E-state index is 0.00718. The second-order valence-corrected chi connectivity index (χ2v) is 10.5. The second kappa shape index (κ2) is 10.4. The van der Waals surface area contributed by atoms with Gasteiger partial charge in [-0.3, -0.25) is 0 Å². The maximum atomic E-state index is 13.0. The molecular weight excluding hydrogens is 460 g/mol. The maximum Gasteiger partial charge on any atom is 0.243 e. The van der Waals surface area contributed by atoms with Crippen LogP contribution in [-0.4, -0.2) is 69.2 Å². The van der Waals surface area contributed by atoms with Crippen molar-refractivity contribution in [2.24, 2.45) is 0 Å². The van der Waals surface area contributed by atoms with E-state index in [9.17, 15) is 16.8 Å². The summed E-state index contributed by atoms with van der Waals surface area (Å²) >= 11 is 0. The Bertz CT molecular complexity index is 1150. The van der Waals surface area contributed by atoms with Crippen molar-refractivity contribution in [2.75, 3.05) is 42.0 Å².